The summed E-state index contributed by atoms with van der Waals surface area (Å²) in [5.41, 5.74) is 1.40. The summed E-state index contributed by atoms with van der Waals surface area (Å²) < 4.78 is 1.82. The van der Waals surface area contributed by atoms with Gasteiger partial charge in [0.15, 0.2) is 0 Å². The van der Waals surface area contributed by atoms with E-state index in [0.29, 0.717) is 5.56 Å². The van der Waals surface area contributed by atoms with Gasteiger partial charge in [-0.3, -0.25) is 14.3 Å². The molecular formula is C19H25N3O3. The maximum absolute atomic E-state index is 12.3. The summed E-state index contributed by atoms with van der Waals surface area (Å²) in [5, 5.41) is 16.8. The van der Waals surface area contributed by atoms with E-state index in [4.69, 9.17) is 0 Å². The quantitative estimate of drug-likeness (QED) is 0.809. The molecule has 0 aliphatic rings. The molecule has 134 valence electrons. The zero-order valence-electron chi connectivity index (χ0n) is 15.1. The Hall–Kier alpha value is -2.63. The van der Waals surface area contributed by atoms with E-state index in [-0.39, 0.29) is 24.9 Å². The zero-order chi connectivity index (χ0) is 18.6. The van der Waals surface area contributed by atoms with Crippen molar-refractivity contribution >= 4 is 11.9 Å². The van der Waals surface area contributed by atoms with Gasteiger partial charge in [-0.2, -0.15) is 5.10 Å². The van der Waals surface area contributed by atoms with Crippen LogP contribution in [0.5, 0.6) is 0 Å². The minimum atomic E-state index is -1.17. The van der Waals surface area contributed by atoms with E-state index in [1.54, 1.807) is 31.2 Å². The molecule has 0 spiro atoms. The largest absolute Gasteiger partial charge is 0.481 e. The highest BCUT2D eigenvalue weighted by Gasteiger charge is 2.35. The van der Waals surface area contributed by atoms with Crippen LogP contribution in [-0.2, 0) is 15.0 Å². The summed E-state index contributed by atoms with van der Waals surface area (Å²) >= 11 is 0. The summed E-state index contributed by atoms with van der Waals surface area (Å²) in [4.78, 5) is 24.1. The fraction of sp³-hybridized carbons (Fsp3) is 0.421. The Morgan fingerprint density at radius 1 is 1.28 bits per heavy atom. The number of hydrogen-bond donors (Lipinski definition) is 2. The second kappa shape index (κ2) is 7.51. The number of carboxylic acid groups (broad SMARTS) is 1. The second-order valence-electron chi connectivity index (χ2n) is 6.70. The number of benzene rings is 1. The van der Waals surface area contributed by atoms with Gasteiger partial charge < -0.3 is 10.4 Å². The molecule has 0 saturated carbocycles. The minimum absolute atomic E-state index is 0.0367. The first-order valence-electron chi connectivity index (χ1n) is 8.32. The number of carboxylic acids is 1. The number of aliphatic carboxylic acids is 1. The van der Waals surface area contributed by atoms with Crippen molar-refractivity contribution in [3.63, 3.8) is 0 Å². The van der Waals surface area contributed by atoms with Crippen LogP contribution < -0.4 is 5.32 Å². The van der Waals surface area contributed by atoms with Gasteiger partial charge in [0.05, 0.1) is 11.7 Å². The van der Waals surface area contributed by atoms with Crippen LogP contribution in [0.2, 0.25) is 0 Å². The van der Waals surface area contributed by atoms with Crippen molar-refractivity contribution in [2.24, 2.45) is 0 Å². The molecule has 0 bridgehead atoms. The normalized spacial score (nSPS) is 14.6. The van der Waals surface area contributed by atoms with E-state index in [2.05, 4.69) is 10.4 Å². The van der Waals surface area contributed by atoms with Crippen LogP contribution in [-0.4, -0.2) is 33.3 Å². The predicted molar refractivity (Wildman–Crippen MR) is 95.5 cm³/mol. The third-order valence-corrected chi connectivity index (χ3v) is 4.46. The second-order valence-corrected chi connectivity index (χ2v) is 6.70. The molecule has 0 radical (unpaired) electrons. The van der Waals surface area contributed by atoms with E-state index >= 15 is 0 Å². The number of hydrogen-bond acceptors (Lipinski definition) is 3. The SMILES string of the molecule is Cc1cc(C)n(C(C)CC(=O)NCC(C)(C(=O)O)c2ccccc2)n1. The van der Waals surface area contributed by atoms with Gasteiger partial charge in [-0.1, -0.05) is 30.3 Å². The molecule has 1 aromatic heterocycles. The van der Waals surface area contributed by atoms with E-state index < -0.39 is 11.4 Å². The topological polar surface area (TPSA) is 84.2 Å². The Morgan fingerprint density at radius 3 is 2.44 bits per heavy atom. The first-order chi connectivity index (χ1) is 11.7. The van der Waals surface area contributed by atoms with Crippen LogP contribution in [0.25, 0.3) is 0 Å². The Balaban J connectivity index is 2.02. The lowest BCUT2D eigenvalue weighted by atomic mass is 9.82. The summed E-state index contributed by atoms with van der Waals surface area (Å²) in [7, 11) is 0. The monoisotopic (exact) mass is 343 g/mol. The molecule has 1 heterocycles. The molecule has 0 aliphatic heterocycles. The van der Waals surface area contributed by atoms with Gasteiger partial charge in [-0.15, -0.1) is 0 Å². The smallest absolute Gasteiger partial charge is 0.315 e. The van der Waals surface area contributed by atoms with E-state index in [0.717, 1.165) is 11.4 Å². The molecule has 1 aromatic carbocycles. The van der Waals surface area contributed by atoms with E-state index in [1.165, 1.54) is 0 Å². The average molecular weight is 343 g/mol. The Morgan fingerprint density at radius 2 is 1.92 bits per heavy atom. The molecule has 1 amide bonds. The highest BCUT2D eigenvalue weighted by Crippen LogP contribution is 2.23. The molecule has 2 rings (SSSR count). The average Bonchev–Trinajstić information content (AvgIpc) is 2.91. The van der Waals surface area contributed by atoms with Crippen LogP contribution in [0.15, 0.2) is 36.4 Å². The number of nitrogens with zero attached hydrogens (tertiary/aromatic N) is 2. The predicted octanol–water partition coefficient (Wildman–Crippen LogP) is 2.61. The van der Waals surface area contributed by atoms with Crippen molar-refractivity contribution in [1.82, 2.24) is 15.1 Å². The van der Waals surface area contributed by atoms with Gasteiger partial charge in [0.25, 0.3) is 0 Å². The molecular weight excluding hydrogens is 318 g/mol. The van der Waals surface area contributed by atoms with Crippen molar-refractivity contribution in [3.05, 3.63) is 53.3 Å². The lowest BCUT2D eigenvalue weighted by Gasteiger charge is -2.26. The maximum atomic E-state index is 12.3. The first-order valence-corrected chi connectivity index (χ1v) is 8.32. The molecule has 2 N–H and O–H groups in total. The fourth-order valence-electron chi connectivity index (χ4n) is 2.90. The van der Waals surface area contributed by atoms with Gasteiger partial charge in [-0.25, -0.2) is 0 Å². The van der Waals surface area contributed by atoms with Crippen LogP contribution in [0, 0.1) is 13.8 Å². The van der Waals surface area contributed by atoms with Gasteiger partial charge in [-0.05, 0) is 39.3 Å². The standard InChI is InChI=1S/C19H25N3O3/c1-13-10-14(2)22(21-13)15(3)11-17(23)20-12-19(4,18(24)25)16-8-6-5-7-9-16/h5-10,15H,11-12H2,1-4H3,(H,20,23)(H,24,25). The van der Waals surface area contributed by atoms with Crippen molar-refractivity contribution in [2.45, 2.75) is 45.6 Å². The number of nitrogens with one attached hydrogen (secondary N) is 1. The molecule has 6 heteroatoms. The Bertz CT molecular complexity index is 755. The molecule has 0 fully saturated rings. The first kappa shape index (κ1) is 18.7. The number of aromatic nitrogens is 2. The van der Waals surface area contributed by atoms with Crippen LogP contribution >= 0.6 is 0 Å². The lowest BCUT2D eigenvalue weighted by Crippen LogP contribution is -2.44. The summed E-state index contributed by atoms with van der Waals surface area (Å²) in [6.07, 6.45) is 0.243. The molecule has 6 nitrogen and oxygen atoms in total. The molecule has 2 atom stereocenters. The number of amides is 1. The summed E-state index contributed by atoms with van der Waals surface area (Å²) in [6, 6.07) is 10.8. The van der Waals surface area contributed by atoms with Gasteiger partial charge in [0.2, 0.25) is 5.91 Å². The molecule has 25 heavy (non-hydrogen) atoms. The van der Waals surface area contributed by atoms with Crippen molar-refractivity contribution < 1.29 is 14.7 Å². The van der Waals surface area contributed by atoms with Crippen LogP contribution in [0.1, 0.15) is 43.3 Å². The van der Waals surface area contributed by atoms with Crippen molar-refractivity contribution in [2.75, 3.05) is 6.54 Å². The number of carbonyl (C=O) groups excluding carboxylic acids is 1. The number of rotatable bonds is 7. The van der Waals surface area contributed by atoms with Crippen LogP contribution in [0.4, 0.5) is 0 Å². The molecule has 0 aliphatic carbocycles. The maximum Gasteiger partial charge on any atom is 0.315 e. The van der Waals surface area contributed by atoms with Crippen LogP contribution in [0.3, 0.4) is 0 Å². The van der Waals surface area contributed by atoms with Gasteiger partial charge in [0, 0.05) is 18.7 Å². The Kier molecular flexibility index (Phi) is 5.62. The van der Waals surface area contributed by atoms with Crippen molar-refractivity contribution in [3.8, 4) is 0 Å². The number of carbonyl (C=O) groups is 2. The third-order valence-electron chi connectivity index (χ3n) is 4.46. The van der Waals surface area contributed by atoms with Gasteiger partial charge >= 0.3 is 5.97 Å². The molecule has 2 aromatic rings. The number of aryl methyl sites for hydroxylation is 2. The lowest BCUT2D eigenvalue weighted by molar-refractivity contribution is -0.143. The van der Waals surface area contributed by atoms with E-state index in [9.17, 15) is 14.7 Å². The summed E-state index contributed by atoms with van der Waals surface area (Å²) in [5.74, 6) is -1.16. The van der Waals surface area contributed by atoms with E-state index in [1.807, 2.05) is 37.6 Å². The summed E-state index contributed by atoms with van der Waals surface area (Å²) in [6.45, 7) is 7.44. The minimum Gasteiger partial charge on any atom is -0.481 e. The van der Waals surface area contributed by atoms with Crippen molar-refractivity contribution in [1.29, 1.82) is 0 Å². The van der Waals surface area contributed by atoms with Gasteiger partial charge in [0.1, 0.15) is 5.41 Å². The third kappa shape index (κ3) is 4.26. The fourth-order valence-corrected chi connectivity index (χ4v) is 2.90. The Labute approximate surface area is 147 Å². The highest BCUT2D eigenvalue weighted by molar-refractivity contribution is 5.83. The molecule has 2 unspecified atom stereocenters. The zero-order valence-corrected chi connectivity index (χ0v) is 15.1. The highest BCUT2D eigenvalue weighted by atomic mass is 16.4. The molecule has 0 saturated heterocycles.